The number of hydrogen-bond donors (Lipinski definition) is 1. The Morgan fingerprint density at radius 3 is 3.00 bits per heavy atom. The molecule has 1 saturated carbocycles. The lowest BCUT2D eigenvalue weighted by Crippen LogP contribution is -2.28. The lowest BCUT2D eigenvalue weighted by molar-refractivity contribution is 0.405. The molecule has 0 aliphatic heterocycles. The normalized spacial score (nSPS) is 30.2. The van der Waals surface area contributed by atoms with E-state index in [0.29, 0.717) is 0 Å². The van der Waals surface area contributed by atoms with Crippen molar-refractivity contribution < 1.29 is 0 Å². The van der Waals surface area contributed by atoms with Crippen molar-refractivity contribution in [3.05, 3.63) is 0 Å². The van der Waals surface area contributed by atoms with Crippen LogP contribution in [0.3, 0.4) is 0 Å². The molecule has 1 fully saturated rings. The van der Waals surface area contributed by atoms with Crippen LogP contribution in [-0.4, -0.2) is 13.1 Å². The van der Waals surface area contributed by atoms with Crippen molar-refractivity contribution in [3.63, 3.8) is 0 Å². The monoisotopic (exact) mass is 151 g/mol. The van der Waals surface area contributed by atoms with Crippen LogP contribution in [0.1, 0.15) is 32.1 Å². The fourth-order valence-corrected chi connectivity index (χ4v) is 2.03. The molecule has 11 heavy (non-hydrogen) atoms. The topological polar surface area (TPSA) is 12.0 Å². The number of nitrogens with one attached hydrogen (secondary N) is 1. The first kappa shape index (κ1) is 8.62. The zero-order chi connectivity index (χ0) is 8.10. The van der Waals surface area contributed by atoms with Crippen LogP contribution in [0.25, 0.3) is 0 Å². The van der Waals surface area contributed by atoms with Gasteiger partial charge in [0, 0.05) is 12.5 Å². The smallest absolute Gasteiger partial charge is 0.00926 e. The minimum atomic E-state index is 0.739. The highest BCUT2D eigenvalue weighted by Gasteiger charge is 2.24. The Morgan fingerprint density at radius 1 is 1.55 bits per heavy atom. The van der Waals surface area contributed by atoms with Gasteiger partial charge in [-0.15, -0.1) is 12.3 Å². The summed E-state index contributed by atoms with van der Waals surface area (Å²) in [7, 11) is 2.05. The maximum absolute atomic E-state index is 5.22. The van der Waals surface area contributed by atoms with Crippen LogP contribution >= 0.6 is 0 Å². The summed E-state index contributed by atoms with van der Waals surface area (Å²) in [6.07, 6.45) is 11.5. The molecule has 1 heteroatoms. The number of rotatable bonds is 3. The van der Waals surface area contributed by atoms with Crippen molar-refractivity contribution in [2.75, 3.05) is 7.05 Å². The fraction of sp³-hybridized carbons (Fsp3) is 0.800. The van der Waals surface area contributed by atoms with E-state index in [1.807, 2.05) is 0 Å². The van der Waals surface area contributed by atoms with Gasteiger partial charge in [-0.2, -0.15) is 0 Å². The van der Waals surface area contributed by atoms with Gasteiger partial charge in [-0.05, 0) is 32.2 Å². The molecule has 1 rings (SSSR count). The predicted molar refractivity (Wildman–Crippen MR) is 48.3 cm³/mol. The average Bonchev–Trinajstić information content (AvgIpc) is 2.47. The first-order valence-corrected chi connectivity index (χ1v) is 4.49. The summed E-state index contributed by atoms with van der Waals surface area (Å²) in [5.74, 6) is 3.56. The third kappa shape index (κ3) is 2.24. The van der Waals surface area contributed by atoms with Crippen molar-refractivity contribution >= 4 is 0 Å². The average molecular weight is 151 g/mol. The van der Waals surface area contributed by atoms with Crippen LogP contribution in [0, 0.1) is 18.3 Å². The molecule has 0 saturated heterocycles. The molecular formula is C10H17N. The highest BCUT2D eigenvalue weighted by Crippen LogP contribution is 2.28. The summed E-state index contributed by atoms with van der Waals surface area (Å²) in [5, 5.41) is 3.35. The van der Waals surface area contributed by atoms with Gasteiger partial charge in [-0.3, -0.25) is 0 Å². The van der Waals surface area contributed by atoms with Crippen LogP contribution in [0.2, 0.25) is 0 Å². The first-order valence-electron chi connectivity index (χ1n) is 4.49. The zero-order valence-corrected chi connectivity index (χ0v) is 7.27. The van der Waals surface area contributed by atoms with E-state index in [0.717, 1.165) is 18.4 Å². The maximum Gasteiger partial charge on any atom is 0.00926 e. The molecular weight excluding hydrogens is 134 g/mol. The van der Waals surface area contributed by atoms with E-state index in [9.17, 15) is 0 Å². The third-order valence-electron chi connectivity index (χ3n) is 2.69. The second-order valence-electron chi connectivity index (χ2n) is 3.33. The minimum Gasteiger partial charge on any atom is -0.317 e. The first-order chi connectivity index (χ1) is 5.38. The van der Waals surface area contributed by atoms with Crippen molar-refractivity contribution in [1.82, 2.24) is 5.32 Å². The summed E-state index contributed by atoms with van der Waals surface area (Å²) in [4.78, 5) is 0. The van der Waals surface area contributed by atoms with Gasteiger partial charge < -0.3 is 5.32 Å². The Kier molecular flexibility index (Phi) is 3.45. The Labute approximate surface area is 69.6 Å². The summed E-state index contributed by atoms with van der Waals surface area (Å²) in [5.41, 5.74) is 0. The highest BCUT2D eigenvalue weighted by molar-refractivity contribution is 4.88. The molecule has 1 aliphatic carbocycles. The zero-order valence-electron chi connectivity index (χ0n) is 7.27. The molecule has 0 heterocycles. The SMILES string of the molecule is C#CCCC1CCCC1NC. The maximum atomic E-state index is 5.22. The van der Waals surface area contributed by atoms with Crippen molar-refractivity contribution in [2.45, 2.75) is 38.1 Å². The highest BCUT2D eigenvalue weighted by atomic mass is 14.9. The van der Waals surface area contributed by atoms with Gasteiger partial charge in [0.2, 0.25) is 0 Å². The van der Waals surface area contributed by atoms with E-state index in [2.05, 4.69) is 18.3 Å². The molecule has 1 aliphatic rings. The molecule has 0 bridgehead atoms. The number of terminal acetylenes is 1. The minimum absolute atomic E-state index is 0.739. The summed E-state index contributed by atoms with van der Waals surface area (Å²) < 4.78 is 0. The Morgan fingerprint density at radius 2 is 2.36 bits per heavy atom. The summed E-state index contributed by atoms with van der Waals surface area (Å²) in [6.45, 7) is 0. The molecule has 0 amide bonds. The predicted octanol–water partition coefficient (Wildman–Crippen LogP) is 1.79. The van der Waals surface area contributed by atoms with E-state index < -0.39 is 0 Å². The van der Waals surface area contributed by atoms with Gasteiger partial charge in [0.05, 0.1) is 0 Å². The van der Waals surface area contributed by atoms with Gasteiger partial charge in [0.1, 0.15) is 0 Å². The van der Waals surface area contributed by atoms with Gasteiger partial charge in [0.25, 0.3) is 0 Å². The molecule has 0 aromatic carbocycles. The van der Waals surface area contributed by atoms with Crippen LogP contribution in [0.5, 0.6) is 0 Å². The van der Waals surface area contributed by atoms with Crippen LogP contribution in [-0.2, 0) is 0 Å². The van der Waals surface area contributed by atoms with E-state index >= 15 is 0 Å². The molecule has 62 valence electrons. The molecule has 0 spiro atoms. The molecule has 0 aromatic heterocycles. The second kappa shape index (κ2) is 4.41. The standard InChI is InChI=1S/C10H17N/c1-3-4-6-9-7-5-8-10(9)11-2/h1,9-11H,4-8H2,2H3. The molecule has 2 unspecified atom stereocenters. The van der Waals surface area contributed by atoms with Gasteiger partial charge in [-0.1, -0.05) is 6.42 Å². The molecule has 1 nitrogen and oxygen atoms in total. The fourth-order valence-electron chi connectivity index (χ4n) is 2.03. The van der Waals surface area contributed by atoms with Gasteiger partial charge in [0.15, 0.2) is 0 Å². The van der Waals surface area contributed by atoms with E-state index in [1.165, 1.54) is 25.7 Å². The van der Waals surface area contributed by atoms with E-state index in [-0.39, 0.29) is 0 Å². The van der Waals surface area contributed by atoms with E-state index in [1.54, 1.807) is 0 Å². The van der Waals surface area contributed by atoms with Crippen molar-refractivity contribution in [1.29, 1.82) is 0 Å². The molecule has 1 N–H and O–H groups in total. The number of hydrogen-bond acceptors (Lipinski definition) is 1. The lowest BCUT2D eigenvalue weighted by Gasteiger charge is -2.17. The quantitative estimate of drug-likeness (QED) is 0.606. The Bertz CT molecular complexity index is 145. The summed E-state index contributed by atoms with van der Waals surface area (Å²) >= 11 is 0. The molecule has 0 radical (unpaired) electrons. The van der Waals surface area contributed by atoms with Gasteiger partial charge in [-0.25, -0.2) is 0 Å². The largest absolute Gasteiger partial charge is 0.317 e. The van der Waals surface area contributed by atoms with Crippen molar-refractivity contribution in [3.8, 4) is 12.3 Å². The molecule has 2 atom stereocenters. The lowest BCUT2D eigenvalue weighted by atomic mass is 9.98. The summed E-state index contributed by atoms with van der Waals surface area (Å²) in [6, 6.07) is 0.739. The van der Waals surface area contributed by atoms with Gasteiger partial charge >= 0.3 is 0 Å². The Balaban J connectivity index is 2.27. The molecule has 0 aromatic rings. The van der Waals surface area contributed by atoms with Crippen molar-refractivity contribution in [2.24, 2.45) is 5.92 Å². The van der Waals surface area contributed by atoms with Crippen LogP contribution < -0.4 is 5.32 Å². The van der Waals surface area contributed by atoms with Crippen LogP contribution in [0.4, 0.5) is 0 Å². The second-order valence-corrected chi connectivity index (χ2v) is 3.33. The Hall–Kier alpha value is -0.480. The third-order valence-corrected chi connectivity index (χ3v) is 2.69. The van der Waals surface area contributed by atoms with E-state index in [4.69, 9.17) is 6.42 Å². The van der Waals surface area contributed by atoms with Crippen LogP contribution in [0.15, 0.2) is 0 Å².